The van der Waals surface area contributed by atoms with Gasteiger partial charge in [-0.05, 0) is 114 Å². The van der Waals surface area contributed by atoms with Gasteiger partial charge in [0.25, 0.3) is 12.9 Å². The third-order valence-corrected chi connectivity index (χ3v) is 10.9. The van der Waals surface area contributed by atoms with Crippen molar-refractivity contribution < 1.29 is 38.9 Å². The van der Waals surface area contributed by atoms with Crippen molar-refractivity contribution in [3.8, 4) is 56.8 Å². The van der Waals surface area contributed by atoms with E-state index in [9.17, 15) is 29.4 Å². The van der Waals surface area contributed by atoms with E-state index in [2.05, 4.69) is 24.9 Å². The number of hydrogen-bond acceptors (Lipinski definition) is 10. The molecule has 0 bridgehead atoms. The molecule has 15 heteroatoms. The predicted octanol–water partition coefficient (Wildman–Crippen LogP) is 8.74. The highest BCUT2D eigenvalue weighted by atomic mass is 16.5. The second kappa shape index (κ2) is 14.5. The largest absolute Gasteiger partial charge is 0.478 e. The first-order chi connectivity index (χ1) is 30.0. The molecule has 0 saturated heterocycles. The van der Waals surface area contributed by atoms with Crippen LogP contribution in [0.3, 0.4) is 0 Å². The molecular weight excluding hydrogens is 791 g/mol. The second-order valence-electron chi connectivity index (χ2n) is 14.9. The lowest BCUT2D eigenvalue weighted by molar-refractivity contribution is -0.121. The number of aromatic carboxylic acids is 2. The molecule has 0 amide bonds. The van der Waals surface area contributed by atoms with Crippen molar-refractivity contribution in [2.24, 2.45) is 4.99 Å². The Balaban J connectivity index is 0.978. The number of aliphatic imine (C=N–C) groups is 1. The van der Waals surface area contributed by atoms with Gasteiger partial charge in [0.2, 0.25) is 0 Å². The predicted molar refractivity (Wildman–Crippen MR) is 230 cm³/mol. The van der Waals surface area contributed by atoms with Crippen molar-refractivity contribution in [3.05, 3.63) is 130 Å². The van der Waals surface area contributed by atoms with E-state index in [1.165, 1.54) is 18.2 Å². The summed E-state index contributed by atoms with van der Waals surface area (Å²) in [7, 11) is 0. The van der Waals surface area contributed by atoms with Crippen LogP contribution in [0.4, 0.5) is 5.69 Å². The zero-order valence-corrected chi connectivity index (χ0v) is 32.7. The van der Waals surface area contributed by atoms with Crippen LogP contribution in [0.1, 0.15) is 43.0 Å². The molecule has 62 heavy (non-hydrogen) atoms. The van der Waals surface area contributed by atoms with Gasteiger partial charge >= 0.3 is 11.9 Å². The summed E-state index contributed by atoms with van der Waals surface area (Å²) in [4.78, 5) is 77.1. The summed E-state index contributed by atoms with van der Waals surface area (Å²) >= 11 is 0. The minimum Gasteiger partial charge on any atom is -0.478 e. The minimum absolute atomic E-state index is 0.00282. The maximum Gasteiger partial charge on any atom is 0.336 e. The highest BCUT2D eigenvalue weighted by molar-refractivity contribution is 6.13. The molecule has 3 aromatic heterocycles. The molecule has 6 aromatic carbocycles. The molecule has 1 aliphatic heterocycles. The van der Waals surface area contributed by atoms with Crippen LogP contribution in [0.2, 0.25) is 0 Å². The molecule has 0 aliphatic carbocycles. The molecule has 0 unspecified atom stereocenters. The molecule has 10 rings (SSSR count). The van der Waals surface area contributed by atoms with Gasteiger partial charge in [-0.1, -0.05) is 24.3 Å². The number of carbonyl (C=O) groups is 4. The highest BCUT2D eigenvalue weighted by Gasteiger charge is 2.27. The standard InChI is InChI=1S/C47H31N7O8/c1-22-3-7-34-38(11-22)52-43(49-34)28-16-31(42(62-21-56)19-30(28)47(59)60)44-51-36-10-6-25(14-40(36)54-44)24-5-9-33-26(13-24)15-37(48-33)27-18-41(61-20-55)32(17-29(27)46(57)58)45-50-35-8-4-23(2)12-39(35)53-45/h3-14,16-21H,15H2,1-2H3,(H,49,52)(H,50,53)(H,51,54)(H,57,58)(H,59,60). The van der Waals surface area contributed by atoms with Crippen molar-refractivity contribution in [2.45, 2.75) is 20.3 Å². The molecule has 0 saturated carbocycles. The van der Waals surface area contributed by atoms with Crippen LogP contribution in [0.5, 0.6) is 11.5 Å². The average Bonchev–Trinajstić information content (AvgIpc) is 4.07. The molecule has 4 heterocycles. The molecule has 0 spiro atoms. The van der Waals surface area contributed by atoms with E-state index < -0.39 is 11.9 Å². The number of aromatic amines is 3. The summed E-state index contributed by atoms with van der Waals surface area (Å²) in [6, 6.07) is 28.6. The van der Waals surface area contributed by atoms with Gasteiger partial charge in [0.05, 0.1) is 66.8 Å². The Bertz CT molecular complexity index is 3430. The number of carboxylic acids is 2. The number of H-pyrrole nitrogens is 3. The van der Waals surface area contributed by atoms with Crippen LogP contribution in [0, 0.1) is 13.8 Å². The van der Waals surface area contributed by atoms with Crippen LogP contribution in [0.15, 0.2) is 102 Å². The quantitative estimate of drug-likeness (QED) is 0.0775. The summed E-state index contributed by atoms with van der Waals surface area (Å²) in [6.07, 6.45) is 0.308. The number of aryl methyl sites for hydroxylation is 2. The molecule has 0 fully saturated rings. The zero-order chi connectivity index (χ0) is 42.8. The fourth-order valence-electron chi connectivity index (χ4n) is 7.97. The van der Waals surface area contributed by atoms with Gasteiger partial charge in [0, 0.05) is 17.5 Å². The minimum atomic E-state index is -1.23. The Kier molecular flexibility index (Phi) is 8.80. The number of ether oxygens (including phenoxy) is 2. The van der Waals surface area contributed by atoms with Crippen LogP contribution in [-0.4, -0.2) is 70.7 Å². The van der Waals surface area contributed by atoms with E-state index in [0.29, 0.717) is 80.5 Å². The van der Waals surface area contributed by atoms with Gasteiger partial charge < -0.3 is 34.6 Å². The van der Waals surface area contributed by atoms with Crippen molar-refractivity contribution in [2.75, 3.05) is 0 Å². The summed E-state index contributed by atoms with van der Waals surface area (Å²) in [6.45, 7) is 4.42. The molecule has 0 atom stereocenters. The SMILES string of the molecule is Cc1ccc2nc(-c3cc(C(=O)O)c(C4=Nc5ccc(-c6ccc7nc(-c8cc(-c9nc%10ccc(C)cc%10[nH]9)c(C(=O)O)cc8OC=O)[nH]c7c6)cc5C4)cc3OC=O)[nH]c2c1. The average molecular weight is 822 g/mol. The molecular formula is C47H31N7O8. The van der Waals surface area contributed by atoms with E-state index in [1.54, 1.807) is 6.07 Å². The number of rotatable bonds is 11. The lowest BCUT2D eigenvalue weighted by Crippen LogP contribution is -2.11. The third kappa shape index (κ3) is 6.49. The van der Waals surface area contributed by atoms with E-state index in [0.717, 1.165) is 38.9 Å². The second-order valence-corrected chi connectivity index (χ2v) is 14.9. The normalized spacial score (nSPS) is 12.1. The number of carboxylic acid groups (broad SMARTS) is 2. The van der Waals surface area contributed by atoms with Gasteiger partial charge in [-0.15, -0.1) is 0 Å². The number of nitrogens with one attached hydrogen (secondary N) is 3. The van der Waals surface area contributed by atoms with Crippen LogP contribution >= 0.6 is 0 Å². The van der Waals surface area contributed by atoms with Crippen molar-refractivity contribution in [1.82, 2.24) is 29.9 Å². The number of hydrogen-bond donors (Lipinski definition) is 5. The highest BCUT2D eigenvalue weighted by Crippen LogP contribution is 2.40. The lowest BCUT2D eigenvalue weighted by atomic mass is 9.95. The molecule has 5 N–H and O–H groups in total. The Hall–Kier alpha value is -8.72. The van der Waals surface area contributed by atoms with Gasteiger partial charge in [-0.3, -0.25) is 14.6 Å². The van der Waals surface area contributed by atoms with Gasteiger partial charge in [0.15, 0.2) is 0 Å². The van der Waals surface area contributed by atoms with Crippen molar-refractivity contribution >= 4 is 69.4 Å². The lowest BCUT2D eigenvalue weighted by Gasteiger charge is -2.12. The maximum atomic E-state index is 12.7. The zero-order valence-electron chi connectivity index (χ0n) is 32.7. The summed E-state index contributed by atoms with van der Waals surface area (Å²) in [5.41, 5.74) is 10.9. The molecule has 0 radical (unpaired) electrons. The van der Waals surface area contributed by atoms with E-state index in [4.69, 9.17) is 19.5 Å². The van der Waals surface area contributed by atoms with E-state index in [-0.39, 0.29) is 34.7 Å². The Labute approximate surface area is 349 Å². The van der Waals surface area contributed by atoms with E-state index in [1.807, 2.05) is 86.6 Å². The fourth-order valence-corrected chi connectivity index (χ4v) is 7.97. The number of carbonyl (C=O) groups excluding carboxylic acids is 2. The monoisotopic (exact) mass is 821 g/mol. The summed E-state index contributed by atoms with van der Waals surface area (Å²) in [5, 5.41) is 20.6. The van der Waals surface area contributed by atoms with Gasteiger partial charge in [-0.2, -0.15) is 0 Å². The molecule has 15 nitrogen and oxygen atoms in total. The first-order valence-electron chi connectivity index (χ1n) is 19.2. The van der Waals surface area contributed by atoms with Crippen LogP contribution in [-0.2, 0) is 16.0 Å². The Morgan fingerprint density at radius 2 is 1.06 bits per heavy atom. The number of aromatic nitrogens is 6. The first kappa shape index (κ1) is 37.5. The van der Waals surface area contributed by atoms with E-state index >= 15 is 0 Å². The smallest absolute Gasteiger partial charge is 0.336 e. The molecule has 9 aromatic rings. The third-order valence-electron chi connectivity index (χ3n) is 10.9. The molecule has 302 valence electrons. The van der Waals surface area contributed by atoms with Crippen molar-refractivity contribution in [1.29, 1.82) is 0 Å². The topological polar surface area (TPSA) is 226 Å². The number of imidazole rings is 3. The van der Waals surface area contributed by atoms with Crippen LogP contribution in [0.25, 0.3) is 78.4 Å². The van der Waals surface area contributed by atoms with Gasteiger partial charge in [-0.25, -0.2) is 24.5 Å². The number of nitrogens with zero attached hydrogens (tertiary/aromatic N) is 4. The van der Waals surface area contributed by atoms with Crippen LogP contribution < -0.4 is 9.47 Å². The molecule has 1 aliphatic rings. The van der Waals surface area contributed by atoms with Gasteiger partial charge in [0.1, 0.15) is 29.0 Å². The summed E-state index contributed by atoms with van der Waals surface area (Å²) < 4.78 is 10.7. The number of fused-ring (bicyclic) bond motifs is 4. The summed E-state index contributed by atoms with van der Waals surface area (Å²) in [5.74, 6) is -1.27. The maximum absolute atomic E-state index is 12.7. The Morgan fingerprint density at radius 1 is 0.565 bits per heavy atom. The van der Waals surface area contributed by atoms with Crippen molar-refractivity contribution in [3.63, 3.8) is 0 Å². The first-order valence-corrected chi connectivity index (χ1v) is 19.2. The Morgan fingerprint density at radius 3 is 1.66 bits per heavy atom. The number of benzene rings is 6. The fraction of sp³-hybridized carbons (Fsp3) is 0.0638.